The number of hydrogen-bond donors (Lipinski definition) is 2. The van der Waals surface area contributed by atoms with Crippen molar-refractivity contribution in [2.24, 2.45) is 5.41 Å². The van der Waals surface area contributed by atoms with Crippen molar-refractivity contribution in [2.75, 3.05) is 13.1 Å². The molecule has 1 aliphatic rings. The van der Waals surface area contributed by atoms with E-state index in [9.17, 15) is 4.79 Å². The van der Waals surface area contributed by atoms with E-state index in [1.807, 2.05) is 13.8 Å². The van der Waals surface area contributed by atoms with Crippen molar-refractivity contribution >= 4 is 5.91 Å². The van der Waals surface area contributed by atoms with E-state index < -0.39 is 0 Å². The molecule has 0 spiro atoms. The van der Waals surface area contributed by atoms with Crippen LogP contribution in [0.3, 0.4) is 0 Å². The van der Waals surface area contributed by atoms with Crippen LogP contribution < -0.4 is 10.6 Å². The summed E-state index contributed by atoms with van der Waals surface area (Å²) in [5.74, 6) is 0.0904. The lowest BCUT2D eigenvalue weighted by Crippen LogP contribution is -2.33. The third-order valence-electron chi connectivity index (χ3n) is 2.89. The average Bonchev–Trinajstić information content (AvgIpc) is 2.93. The maximum absolute atomic E-state index is 11.3. The van der Waals surface area contributed by atoms with Crippen LogP contribution in [0.4, 0.5) is 0 Å². The molecule has 1 saturated carbocycles. The first-order chi connectivity index (χ1) is 7.58. The molecule has 0 bridgehead atoms. The average molecular weight is 223 g/mol. The van der Waals surface area contributed by atoms with Gasteiger partial charge in [0.05, 0.1) is 6.07 Å². The van der Waals surface area contributed by atoms with Crippen molar-refractivity contribution < 1.29 is 4.79 Å². The second kappa shape index (κ2) is 5.86. The summed E-state index contributed by atoms with van der Waals surface area (Å²) < 4.78 is 0. The van der Waals surface area contributed by atoms with Crippen LogP contribution in [0.5, 0.6) is 0 Å². The zero-order chi connectivity index (χ0) is 12.0. The van der Waals surface area contributed by atoms with Crippen LogP contribution in [0.2, 0.25) is 0 Å². The van der Waals surface area contributed by atoms with E-state index in [0.717, 1.165) is 19.4 Å². The molecule has 0 aromatic rings. The quantitative estimate of drug-likeness (QED) is 0.637. The first-order valence-electron chi connectivity index (χ1n) is 5.95. The lowest BCUT2D eigenvalue weighted by atomic mass is 10.0. The fraction of sp³-hybridized carbons (Fsp3) is 0.833. The van der Waals surface area contributed by atoms with Crippen molar-refractivity contribution in [1.29, 1.82) is 5.26 Å². The van der Waals surface area contributed by atoms with Crippen molar-refractivity contribution in [3.8, 4) is 6.07 Å². The van der Waals surface area contributed by atoms with Gasteiger partial charge in [0.25, 0.3) is 0 Å². The first kappa shape index (κ1) is 13.0. The highest BCUT2D eigenvalue weighted by atomic mass is 16.1. The van der Waals surface area contributed by atoms with E-state index >= 15 is 0 Å². The second-order valence-corrected chi connectivity index (χ2v) is 4.98. The molecule has 0 heterocycles. The van der Waals surface area contributed by atoms with E-state index in [2.05, 4.69) is 16.7 Å². The van der Waals surface area contributed by atoms with Crippen molar-refractivity contribution in [3.05, 3.63) is 0 Å². The van der Waals surface area contributed by atoms with Crippen molar-refractivity contribution in [1.82, 2.24) is 10.6 Å². The molecule has 0 unspecified atom stereocenters. The highest BCUT2D eigenvalue weighted by molar-refractivity contribution is 5.76. The smallest absolute Gasteiger partial charge is 0.221 e. The van der Waals surface area contributed by atoms with Gasteiger partial charge in [0.1, 0.15) is 0 Å². The highest BCUT2D eigenvalue weighted by Gasteiger charge is 2.41. The van der Waals surface area contributed by atoms with E-state index in [1.54, 1.807) is 0 Å². The topological polar surface area (TPSA) is 64.9 Å². The minimum Gasteiger partial charge on any atom is -0.354 e. The van der Waals surface area contributed by atoms with Gasteiger partial charge in [0.15, 0.2) is 0 Å². The van der Waals surface area contributed by atoms with Crippen LogP contribution in [0.15, 0.2) is 0 Å². The third-order valence-corrected chi connectivity index (χ3v) is 2.89. The van der Waals surface area contributed by atoms with Gasteiger partial charge in [0, 0.05) is 32.0 Å². The SMILES string of the molecule is CC(C)NC(=O)CCNCC1(CC#N)CC1. The third kappa shape index (κ3) is 4.63. The Balaban J connectivity index is 2.04. The Morgan fingerprint density at radius 2 is 2.19 bits per heavy atom. The minimum atomic E-state index is 0.0904. The van der Waals surface area contributed by atoms with Crippen LogP contribution in [-0.2, 0) is 4.79 Å². The molecular formula is C12H21N3O. The number of hydrogen-bond acceptors (Lipinski definition) is 3. The maximum Gasteiger partial charge on any atom is 0.221 e. The summed E-state index contributed by atoms with van der Waals surface area (Å²) in [7, 11) is 0. The first-order valence-corrected chi connectivity index (χ1v) is 5.95. The highest BCUT2D eigenvalue weighted by Crippen LogP contribution is 2.47. The molecule has 0 radical (unpaired) electrons. The van der Waals surface area contributed by atoms with Gasteiger partial charge in [-0.15, -0.1) is 0 Å². The van der Waals surface area contributed by atoms with Gasteiger partial charge in [-0.25, -0.2) is 0 Å². The van der Waals surface area contributed by atoms with Gasteiger partial charge in [-0.2, -0.15) is 5.26 Å². The van der Waals surface area contributed by atoms with Crippen molar-refractivity contribution in [3.63, 3.8) is 0 Å². The zero-order valence-electron chi connectivity index (χ0n) is 10.2. The van der Waals surface area contributed by atoms with Crippen molar-refractivity contribution in [2.45, 2.75) is 45.6 Å². The number of nitrogens with zero attached hydrogens (tertiary/aromatic N) is 1. The molecule has 0 aliphatic heterocycles. The fourth-order valence-electron chi connectivity index (χ4n) is 1.71. The Morgan fingerprint density at radius 1 is 1.50 bits per heavy atom. The normalized spacial score (nSPS) is 16.9. The largest absolute Gasteiger partial charge is 0.354 e. The molecule has 2 N–H and O–H groups in total. The molecule has 4 heteroatoms. The zero-order valence-corrected chi connectivity index (χ0v) is 10.2. The molecule has 1 aliphatic carbocycles. The fourth-order valence-corrected chi connectivity index (χ4v) is 1.71. The number of carbonyl (C=O) groups excluding carboxylic acids is 1. The summed E-state index contributed by atoms with van der Waals surface area (Å²) in [6.45, 7) is 5.48. The number of amides is 1. The number of nitrogens with one attached hydrogen (secondary N) is 2. The van der Waals surface area contributed by atoms with Gasteiger partial charge >= 0.3 is 0 Å². The molecule has 1 rings (SSSR count). The summed E-state index contributed by atoms with van der Waals surface area (Å²) >= 11 is 0. The molecule has 0 aromatic heterocycles. The standard InChI is InChI=1S/C12H21N3O/c1-10(2)15-11(16)3-8-14-9-12(4-5-12)6-7-13/h10,14H,3-6,8-9H2,1-2H3,(H,15,16). The van der Waals surface area contributed by atoms with Crippen LogP contribution in [0, 0.1) is 16.7 Å². The van der Waals surface area contributed by atoms with Crippen LogP contribution in [0.1, 0.15) is 39.5 Å². The second-order valence-electron chi connectivity index (χ2n) is 4.98. The summed E-state index contributed by atoms with van der Waals surface area (Å²) in [5, 5.41) is 14.8. The Kier molecular flexibility index (Phi) is 4.75. The Labute approximate surface area is 97.4 Å². The molecular weight excluding hydrogens is 202 g/mol. The van der Waals surface area contributed by atoms with Gasteiger partial charge in [-0.1, -0.05) is 0 Å². The molecule has 4 nitrogen and oxygen atoms in total. The number of rotatable bonds is 7. The minimum absolute atomic E-state index is 0.0904. The molecule has 0 saturated heterocycles. The Bertz CT molecular complexity index is 276. The Hall–Kier alpha value is -1.08. The van der Waals surface area contributed by atoms with Crippen LogP contribution in [0.25, 0.3) is 0 Å². The molecule has 90 valence electrons. The summed E-state index contributed by atoms with van der Waals surface area (Å²) in [4.78, 5) is 11.3. The maximum atomic E-state index is 11.3. The summed E-state index contributed by atoms with van der Waals surface area (Å²) in [5.41, 5.74) is 0.225. The van der Waals surface area contributed by atoms with Gasteiger partial charge in [-0.05, 0) is 32.1 Å². The molecule has 1 fully saturated rings. The van der Waals surface area contributed by atoms with Gasteiger partial charge < -0.3 is 10.6 Å². The van der Waals surface area contributed by atoms with E-state index in [1.165, 1.54) is 0 Å². The summed E-state index contributed by atoms with van der Waals surface area (Å²) in [6.07, 6.45) is 3.44. The number of nitriles is 1. The van der Waals surface area contributed by atoms with Gasteiger partial charge in [-0.3, -0.25) is 4.79 Å². The number of carbonyl (C=O) groups is 1. The van der Waals surface area contributed by atoms with E-state index in [4.69, 9.17) is 5.26 Å². The predicted molar refractivity (Wildman–Crippen MR) is 62.7 cm³/mol. The van der Waals surface area contributed by atoms with E-state index in [0.29, 0.717) is 19.4 Å². The molecule has 0 aromatic carbocycles. The van der Waals surface area contributed by atoms with Gasteiger partial charge in [0.2, 0.25) is 5.91 Å². The van der Waals surface area contributed by atoms with Crippen LogP contribution in [-0.4, -0.2) is 25.0 Å². The monoisotopic (exact) mass is 223 g/mol. The lowest BCUT2D eigenvalue weighted by Gasteiger charge is -2.12. The lowest BCUT2D eigenvalue weighted by molar-refractivity contribution is -0.121. The molecule has 0 atom stereocenters. The van der Waals surface area contributed by atoms with Crippen LogP contribution >= 0.6 is 0 Å². The van der Waals surface area contributed by atoms with E-state index in [-0.39, 0.29) is 17.4 Å². The molecule has 1 amide bonds. The summed E-state index contributed by atoms with van der Waals surface area (Å²) in [6, 6.07) is 2.44. The predicted octanol–water partition coefficient (Wildman–Crippen LogP) is 1.18. The Morgan fingerprint density at radius 3 is 2.69 bits per heavy atom. The molecule has 16 heavy (non-hydrogen) atoms.